The molecule has 21 heavy (non-hydrogen) atoms. The van der Waals surface area contributed by atoms with Gasteiger partial charge in [-0.3, -0.25) is 0 Å². The smallest absolute Gasteiger partial charge is 0.0620 e. The molecule has 0 aromatic rings. The summed E-state index contributed by atoms with van der Waals surface area (Å²) in [6, 6.07) is 0.514. The van der Waals surface area contributed by atoms with Crippen LogP contribution in [-0.2, 0) is 0 Å². The lowest BCUT2D eigenvalue weighted by Crippen LogP contribution is -2.61. The molecule has 0 aromatic carbocycles. The largest absolute Gasteiger partial charge is 0.392 e. The minimum absolute atomic E-state index is 0.0715. The number of allylic oxidation sites excluding steroid dienone is 4. The molecule has 4 atom stereocenters. The van der Waals surface area contributed by atoms with Crippen molar-refractivity contribution in [3.8, 4) is 0 Å². The highest BCUT2D eigenvalue weighted by Crippen LogP contribution is 2.41. The van der Waals surface area contributed by atoms with Crippen LogP contribution >= 0.6 is 0 Å². The van der Waals surface area contributed by atoms with Crippen LogP contribution in [0.2, 0.25) is 0 Å². The van der Waals surface area contributed by atoms with Gasteiger partial charge in [0.2, 0.25) is 0 Å². The summed E-state index contributed by atoms with van der Waals surface area (Å²) >= 11 is 0. The van der Waals surface area contributed by atoms with Crippen molar-refractivity contribution in [2.75, 3.05) is 0 Å². The molecule has 116 valence electrons. The van der Waals surface area contributed by atoms with Crippen LogP contribution in [0.1, 0.15) is 44.9 Å². The van der Waals surface area contributed by atoms with Gasteiger partial charge in [-0.15, -0.1) is 0 Å². The first-order chi connectivity index (χ1) is 10.2. The molecule has 2 heteroatoms. The molecule has 0 bridgehead atoms. The summed E-state index contributed by atoms with van der Waals surface area (Å²) in [6.07, 6.45) is 19.6. The van der Waals surface area contributed by atoms with E-state index in [1.807, 2.05) is 24.3 Å². The van der Waals surface area contributed by atoms with Crippen LogP contribution in [0.15, 0.2) is 49.6 Å². The van der Waals surface area contributed by atoms with E-state index in [1.54, 1.807) is 0 Å². The zero-order chi connectivity index (χ0) is 15.1. The van der Waals surface area contributed by atoms with E-state index >= 15 is 0 Å². The maximum Gasteiger partial charge on any atom is 0.0620 e. The summed E-state index contributed by atoms with van der Waals surface area (Å²) in [7, 11) is 0. The minimum Gasteiger partial charge on any atom is -0.392 e. The van der Waals surface area contributed by atoms with E-state index < -0.39 is 0 Å². The van der Waals surface area contributed by atoms with Crippen LogP contribution in [0.4, 0.5) is 0 Å². The molecule has 0 radical (unpaired) electrons. The van der Waals surface area contributed by atoms with Gasteiger partial charge >= 0.3 is 0 Å². The molecule has 1 aliphatic heterocycles. The molecular weight excluding hydrogens is 258 g/mol. The second-order valence-corrected chi connectivity index (χ2v) is 6.40. The molecule has 0 aromatic heterocycles. The lowest BCUT2D eigenvalue weighted by Gasteiger charge is -2.51. The van der Waals surface area contributed by atoms with Gasteiger partial charge in [0.1, 0.15) is 0 Å². The lowest BCUT2D eigenvalue weighted by atomic mass is 9.66. The van der Waals surface area contributed by atoms with Gasteiger partial charge in [0.15, 0.2) is 0 Å². The first-order valence-electron chi connectivity index (χ1n) is 8.24. The van der Waals surface area contributed by atoms with Gasteiger partial charge in [0, 0.05) is 17.5 Å². The van der Waals surface area contributed by atoms with Crippen molar-refractivity contribution in [3.63, 3.8) is 0 Å². The average Bonchev–Trinajstić information content (AvgIpc) is 2.47. The molecule has 2 nitrogen and oxygen atoms in total. The average molecular weight is 287 g/mol. The zero-order valence-corrected chi connectivity index (χ0v) is 13.0. The Morgan fingerprint density at radius 1 is 1.10 bits per heavy atom. The van der Waals surface area contributed by atoms with E-state index in [0.29, 0.717) is 6.04 Å². The van der Waals surface area contributed by atoms with Gasteiger partial charge < -0.3 is 10.4 Å². The van der Waals surface area contributed by atoms with E-state index in [1.165, 1.54) is 12.8 Å². The zero-order valence-electron chi connectivity index (χ0n) is 13.0. The summed E-state index contributed by atoms with van der Waals surface area (Å²) in [5, 5.41) is 14.3. The van der Waals surface area contributed by atoms with Crippen molar-refractivity contribution in [2.24, 2.45) is 5.92 Å². The Morgan fingerprint density at radius 2 is 1.81 bits per heavy atom. The monoisotopic (exact) mass is 287 g/mol. The van der Waals surface area contributed by atoms with Crippen LogP contribution in [0.3, 0.4) is 0 Å². The van der Waals surface area contributed by atoms with Crippen LogP contribution in [0.25, 0.3) is 0 Å². The van der Waals surface area contributed by atoms with Gasteiger partial charge in [-0.1, -0.05) is 56.0 Å². The summed E-state index contributed by atoms with van der Waals surface area (Å²) in [4.78, 5) is 0. The van der Waals surface area contributed by atoms with Gasteiger partial charge in [0.05, 0.1) is 6.10 Å². The van der Waals surface area contributed by atoms with Crippen LogP contribution in [-0.4, -0.2) is 22.8 Å². The summed E-state index contributed by atoms with van der Waals surface area (Å²) in [5.74, 6) is 0.204. The van der Waals surface area contributed by atoms with Crippen molar-refractivity contribution in [1.82, 2.24) is 5.32 Å². The van der Waals surface area contributed by atoms with Gasteiger partial charge in [-0.2, -0.15) is 0 Å². The molecular formula is C19H29NO. The summed E-state index contributed by atoms with van der Waals surface area (Å²) < 4.78 is 0. The van der Waals surface area contributed by atoms with Crippen LogP contribution in [0, 0.1) is 5.92 Å². The Kier molecular flexibility index (Phi) is 6.01. The Hall–Kier alpha value is -1.12. The third-order valence-electron chi connectivity index (χ3n) is 4.99. The number of aliphatic hydroxyl groups excluding tert-OH is 1. The Bertz CT molecular complexity index is 408. The minimum atomic E-state index is -0.232. The highest BCUT2D eigenvalue weighted by molar-refractivity contribution is 5.14. The SMILES string of the molecule is C=CC=CC[C@@H]1CCC[C@]2(CCC[C@H](O)[C@H]2C=CC=C)N1. The van der Waals surface area contributed by atoms with Gasteiger partial charge in [-0.25, -0.2) is 0 Å². The number of rotatable bonds is 5. The first-order valence-corrected chi connectivity index (χ1v) is 8.24. The highest BCUT2D eigenvalue weighted by atomic mass is 16.3. The third kappa shape index (κ3) is 3.96. The Labute approximate surface area is 129 Å². The first kappa shape index (κ1) is 16.3. The van der Waals surface area contributed by atoms with Crippen molar-refractivity contribution < 1.29 is 5.11 Å². The molecule has 1 heterocycles. The standard InChI is InChI=1S/C19H29NO/c1-3-5-7-10-16-11-8-14-19(20-16)15-9-13-18(21)17(19)12-6-4-2/h3-7,12,16-18,20-21H,1-2,8-11,13-15H2/t16-,17-,18+,19-/m1/s1. The number of hydrogen-bond acceptors (Lipinski definition) is 2. The number of nitrogens with one attached hydrogen (secondary N) is 1. The van der Waals surface area contributed by atoms with E-state index in [9.17, 15) is 5.11 Å². The molecule has 1 spiro atoms. The lowest BCUT2D eigenvalue weighted by molar-refractivity contribution is 0.00392. The Morgan fingerprint density at radius 3 is 2.52 bits per heavy atom. The molecule has 0 amide bonds. The normalized spacial score (nSPS) is 37.3. The van der Waals surface area contributed by atoms with Crippen molar-refractivity contribution in [1.29, 1.82) is 0 Å². The van der Waals surface area contributed by atoms with E-state index in [2.05, 4.69) is 30.6 Å². The predicted molar refractivity (Wildman–Crippen MR) is 90.1 cm³/mol. The topological polar surface area (TPSA) is 32.3 Å². The van der Waals surface area contributed by atoms with Crippen molar-refractivity contribution in [3.05, 3.63) is 49.6 Å². The predicted octanol–water partition coefficient (Wildman–Crippen LogP) is 3.90. The fourth-order valence-electron chi connectivity index (χ4n) is 4.04. The Balaban J connectivity index is 2.12. The third-order valence-corrected chi connectivity index (χ3v) is 4.99. The molecule has 1 saturated carbocycles. The molecule has 2 fully saturated rings. The van der Waals surface area contributed by atoms with E-state index in [4.69, 9.17) is 0 Å². The van der Waals surface area contributed by atoms with Crippen LogP contribution in [0.5, 0.6) is 0 Å². The van der Waals surface area contributed by atoms with Crippen molar-refractivity contribution >= 4 is 0 Å². The number of hydrogen-bond donors (Lipinski definition) is 2. The maximum atomic E-state index is 10.5. The second kappa shape index (κ2) is 7.77. The van der Waals surface area contributed by atoms with E-state index in [0.717, 1.165) is 32.1 Å². The molecule has 0 unspecified atom stereocenters. The second-order valence-electron chi connectivity index (χ2n) is 6.40. The summed E-state index contributed by atoms with van der Waals surface area (Å²) in [6.45, 7) is 7.48. The van der Waals surface area contributed by atoms with Gasteiger partial charge in [-0.05, 0) is 38.5 Å². The fraction of sp³-hybridized carbons (Fsp3) is 0.579. The molecule has 2 N–H and O–H groups in total. The molecule has 2 rings (SSSR count). The highest BCUT2D eigenvalue weighted by Gasteiger charge is 2.45. The molecule has 1 aliphatic carbocycles. The number of piperidine rings is 1. The van der Waals surface area contributed by atoms with Gasteiger partial charge in [0.25, 0.3) is 0 Å². The van der Waals surface area contributed by atoms with E-state index in [-0.39, 0.29) is 17.6 Å². The number of aliphatic hydroxyl groups is 1. The fourth-order valence-corrected chi connectivity index (χ4v) is 4.04. The maximum absolute atomic E-state index is 10.5. The quantitative estimate of drug-likeness (QED) is 0.752. The molecule has 1 saturated heterocycles. The molecule has 2 aliphatic rings. The van der Waals surface area contributed by atoms with Crippen molar-refractivity contribution in [2.45, 2.75) is 62.6 Å². The summed E-state index contributed by atoms with van der Waals surface area (Å²) in [5.41, 5.74) is 0.0715. The van der Waals surface area contributed by atoms with Crippen LogP contribution < -0.4 is 5.32 Å².